The number of rotatable bonds is 3. The van der Waals surface area contributed by atoms with Gasteiger partial charge in [0.1, 0.15) is 5.82 Å². The molecule has 3 nitrogen and oxygen atoms in total. The summed E-state index contributed by atoms with van der Waals surface area (Å²) in [6.45, 7) is 3.21. The Bertz CT molecular complexity index is 445. The highest BCUT2D eigenvalue weighted by molar-refractivity contribution is 9.10. The second-order valence-corrected chi connectivity index (χ2v) is 6.31. The minimum absolute atomic E-state index is 0.264. The zero-order valence-corrected chi connectivity index (χ0v) is 13.1. The topological polar surface area (TPSA) is 32.5 Å². The quantitative estimate of drug-likeness (QED) is 0.865. The molecule has 0 spiro atoms. The van der Waals surface area contributed by atoms with Crippen LogP contribution in [0.3, 0.4) is 0 Å². The summed E-state index contributed by atoms with van der Waals surface area (Å²) in [6, 6.07) is 3.14. The molecule has 1 aromatic rings. The van der Waals surface area contributed by atoms with Gasteiger partial charge in [-0.15, -0.1) is 0 Å². The number of nitrogens with two attached hydrogens (primary N) is 1. The minimum atomic E-state index is -0.264. The average Bonchev–Trinajstić information content (AvgIpc) is 2.36. The van der Waals surface area contributed by atoms with Crippen molar-refractivity contribution in [3.63, 3.8) is 0 Å². The van der Waals surface area contributed by atoms with E-state index in [-0.39, 0.29) is 5.82 Å². The molecule has 2 N–H and O–H groups in total. The Morgan fingerprint density at radius 2 is 2.05 bits per heavy atom. The maximum Gasteiger partial charge on any atom is 0.139 e. The van der Waals surface area contributed by atoms with Crippen molar-refractivity contribution < 1.29 is 4.39 Å². The third kappa shape index (κ3) is 3.60. The summed E-state index contributed by atoms with van der Waals surface area (Å²) in [6.07, 6.45) is 2.39. The van der Waals surface area contributed by atoms with Gasteiger partial charge in [-0.1, -0.05) is 0 Å². The molecule has 0 atom stereocenters. The first kappa shape index (κ1) is 14.6. The van der Waals surface area contributed by atoms with Crippen molar-refractivity contribution in [3.8, 4) is 0 Å². The van der Waals surface area contributed by atoms with Gasteiger partial charge in [0.15, 0.2) is 0 Å². The highest BCUT2D eigenvalue weighted by atomic mass is 79.9. The number of anilines is 2. The number of piperidine rings is 1. The normalized spacial score (nSPS) is 17.7. The van der Waals surface area contributed by atoms with Crippen molar-refractivity contribution in [2.75, 3.05) is 44.4 Å². The van der Waals surface area contributed by atoms with E-state index in [2.05, 4.69) is 32.8 Å². The van der Waals surface area contributed by atoms with Crippen LogP contribution in [0.25, 0.3) is 0 Å². The summed E-state index contributed by atoms with van der Waals surface area (Å²) in [7, 11) is 4.14. The Hall–Kier alpha value is -0.810. The second-order valence-electron chi connectivity index (χ2n) is 5.45. The van der Waals surface area contributed by atoms with Gasteiger partial charge < -0.3 is 15.5 Å². The van der Waals surface area contributed by atoms with Crippen molar-refractivity contribution in [1.29, 1.82) is 0 Å². The van der Waals surface area contributed by atoms with E-state index in [9.17, 15) is 4.39 Å². The van der Waals surface area contributed by atoms with Crippen molar-refractivity contribution in [2.45, 2.75) is 12.8 Å². The molecule has 1 fully saturated rings. The van der Waals surface area contributed by atoms with Gasteiger partial charge in [-0.2, -0.15) is 0 Å². The highest BCUT2D eigenvalue weighted by Gasteiger charge is 2.19. The van der Waals surface area contributed by atoms with Gasteiger partial charge in [0, 0.05) is 19.7 Å². The SMILES string of the molecule is CN1CCC(CN(C)c2cc(F)c(Br)cc2N)CC1. The van der Waals surface area contributed by atoms with E-state index in [1.807, 2.05) is 7.05 Å². The smallest absolute Gasteiger partial charge is 0.139 e. The number of benzene rings is 1. The maximum absolute atomic E-state index is 13.6. The van der Waals surface area contributed by atoms with E-state index in [1.54, 1.807) is 6.07 Å². The molecule has 0 amide bonds. The fraction of sp³-hybridized carbons (Fsp3) is 0.571. The lowest BCUT2D eigenvalue weighted by Crippen LogP contribution is -2.35. The van der Waals surface area contributed by atoms with Gasteiger partial charge in [0.05, 0.1) is 15.8 Å². The van der Waals surface area contributed by atoms with E-state index >= 15 is 0 Å². The van der Waals surface area contributed by atoms with Crippen LogP contribution >= 0.6 is 15.9 Å². The first-order valence-corrected chi connectivity index (χ1v) is 7.41. The fourth-order valence-electron chi connectivity index (χ4n) is 2.61. The summed E-state index contributed by atoms with van der Waals surface area (Å²) in [5.74, 6) is 0.395. The van der Waals surface area contributed by atoms with Crippen LogP contribution in [0.15, 0.2) is 16.6 Å². The van der Waals surface area contributed by atoms with Crippen LogP contribution in [0.1, 0.15) is 12.8 Å². The van der Waals surface area contributed by atoms with E-state index in [0.29, 0.717) is 16.1 Å². The van der Waals surface area contributed by atoms with Gasteiger partial charge in [-0.05, 0) is 60.9 Å². The van der Waals surface area contributed by atoms with Crippen LogP contribution < -0.4 is 10.6 Å². The number of likely N-dealkylation sites (tertiary alicyclic amines) is 1. The lowest BCUT2D eigenvalue weighted by Gasteiger charge is -2.32. The molecule has 1 aromatic carbocycles. The van der Waals surface area contributed by atoms with Crippen molar-refractivity contribution in [1.82, 2.24) is 4.90 Å². The molecular weight excluding hydrogens is 309 g/mol. The fourth-order valence-corrected chi connectivity index (χ4v) is 2.97. The Balaban J connectivity index is 2.03. The molecule has 19 heavy (non-hydrogen) atoms. The Labute approximate surface area is 122 Å². The maximum atomic E-state index is 13.6. The minimum Gasteiger partial charge on any atom is -0.397 e. The van der Waals surface area contributed by atoms with E-state index < -0.39 is 0 Å². The van der Waals surface area contributed by atoms with Gasteiger partial charge in [0.2, 0.25) is 0 Å². The van der Waals surface area contributed by atoms with Crippen LogP contribution in [0, 0.1) is 11.7 Å². The first-order valence-electron chi connectivity index (χ1n) is 6.61. The molecule has 1 heterocycles. The highest BCUT2D eigenvalue weighted by Crippen LogP contribution is 2.30. The van der Waals surface area contributed by atoms with Gasteiger partial charge in [-0.3, -0.25) is 0 Å². The molecule has 0 radical (unpaired) electrons. The number of hydrogen-bond acceptors (Lipinski definition) is 3. The molecule has 0 aromatic heterocycles. The number of halogens is 2. The predicted octanol–water partition coefficient (Wildman–Crippen LogP) is 2.95. The van der Waals surface area contributed by atoms with Gasteiger partial charge in [-0.25, -0.2) is 4.39 Å². The average molecular weight is 330 g/mol. The molecule has 5 heteroatoms. The molecule has 106 valence electrons. The largest absolute Gasteiger partial charge is 0.397 e. The third-order valence-electron chi connectivity index (χ3n) is 3.85. The van der Waals surface area contributed by atoms with Crippen LogP contribution in [-0.4, -0.2) is 38.6 Å². The summed E-state index contributed by atoms with van der Waals surface area (Å²) in [4.78, 5) is 4.42. The molecule has 1 aliphatic rings. The van der Waals surface area contributed by atoms with Gasteiger partial charge >= 0.3 is 0 Å². The molecule has 0 aliphatic carbocycles. The molecule has 2 rings (SSSR count). The standard InChI is InChI=1S/C14H21BrFN3/c1-18-5-3-10(4-6-18)9-19(2)14-8-12(16)11(15)7-13(14)17/h7-8,10H,3-6,9,17H2,1-2H3. The zero-order chi connectivity index (χ0) is 14.0. The summed E-state index contributed by atoms with van der Waals surface area (Å²) < 4.78 is 14.0. The molecule has 1 aliphatic heterocycles. The lowest BCUT2D eigenvalue weighted by molar-refractivity contribution is 0.222. The predicted molar refractivity (Wildman–Crippen MR) is 82.0 cm³/mol. The van der Waals surface area contributed by atoms with E-state index in [4.69, 9.17) is 5.73 Å². The second kappa shape index (κ2) is 6.09. The van der Waals surface area contributed by atoms with Crippen molar-refractivity contribution in [3.05, 3.63) is 22.4 Å². The molecule has 1 saturated heterocycles. The third-order valence-corrected chi connectivity index (χ3v) is 4.46. The monoisotopic (exact) mass is 329 g/mol. The Kier molecular flexibility index (Phi) is 4.68. The summed E-state index contributed by atoms with van der Waals surface area (Å²) in [5, 5.41) is 0. The molecule has 0 saturated carbocycles. The number of nitrogens with zero attached hydrogens (tertiary/aromatic N) is 2. The molecule has 0 bridgehead atoms. The van der Waals surface area contributed by atoms with E-state index in [0.717, 1.165) is 25.3 Å². The van der Waals surface area contributed by atoms with Crippen LogP contribution in [0.5, 0.6) is 0 Å². The Morgan fingerprint density at radius 3 is 2.68 bits per heavy atom. The first-order chi connectivity index (χ1) is 8.97. The lowest BCUT2D eigenvalue weighted by atomic mass is 9.96. The van der Waals surface area contributed by atoms with Crippen molar-refractivity contribution >= 4 is 27.3 Å². The molecular formula is C14H21BrFN3. The van der Waals surface area contributed by atoms with Crippen LogP contribution in [0.4, 0.5) is 15.8 Å². The van der Waals surface area contributed by atoms with Crippen LogP contribution in [-0.2, 0) is 0 Å². The van der Waals surface area contributed by atoms with Crippen LogP contribution in [0.2, 0.25) is 0 Å². The summed E-state index contributed by atoms with van der Waals surface area (Å²) >= 11 is 3.16. The summed E-state index contributed by atoms with van der Waals surface area (Å²) in [5.41, 5.74) is 7.36. The van der Waals surface area contributed by atoms with E-state index in [1.165, 1.54) is 18.9 Å². The number of nitrogen functional groups attached to an aromatic ring is 1. The van der Waals surface area contributed by atoms with Crippen molar-refractivity contribution in [2.24, 2.45) is 5.92 Å². The molecule has 0 unspecified atom stereocenters. The van der Waals surface area contributed by atoms with Gasteiger partial charge in [0.25, 0.3) is 0 Å². The zero-order valence-electron chi connectivity index (χ0n) is 11.5. The Morgan fingerprint density at radius 1 is 1.42 bits per heavy atom. The number of hydrogen-bond donors (Lipinski definition) is 1.